The molecule has 0 amide bonds. The van der Waals surface area contributed by atoms with Crippen LogP contribution in [0.1, 0.15) is 6.42 Å². The summed E-state index contributed by atoms with van der Waals surface area (Å²) in [6.45, 7) is 2.79. The van der Waals surface area contributed by atoms with Gasteiger partial charge < -0.3 is 10.2 Å². The van der Waals surface area contributed by atoms with Gasteiger partial charge in [0.1, 0.15) is 0 Å². The molecule has 1 fully saturated rings. The van der Waals surface area contributed by atoms with Gasteiger partial charge in [0.05, 0.1) is 22.1 Å². The van der Waals surface area contributed by atoms with Gasteiger partial charge >= 0.3 is 0 Å². The second-order valence-corrected chi connectivity index (χ2v) is 7.17. The summed E-state index contributed by atoms with van der Waals surface area (Å²) in [4.78, 5) is 18.6. The van der Waals surface area contributed by atoms with E-state index in [0.29, 0.717) is 5.92 Å². The Hall–Kier alpha value is -2.41. The minimum absolute atomic E-state index is 0.0662. The van der Waals surface area contributed by atoms with E-state index < -0.39 is 0 Å². The smallest absolute Gasteiger partial charge is 0.268 e. The highest BCUT2D eigenvalue weighted by molar-refractivity contribution is 7.22. The Morgan fingerprint density at radius 2 is 2.25 bits per heavy atom. The van der Waals surface area contributed by atoms with E-state index in [4.69, 9.17) is 0 Å². The molecule has 1 aromatic carbocycles. The van der Waals surface area contributed by atoms with Crippen LogP contribution in [0.2, 0.25) is 0 Å². The van der Waals surface area contributed by atoms with Gasteiger partial charge in [-0.1, -0.05) is 23.5 Å². The van der Waals surface area contributed by atoms with E-state index in [-0.39, 0.29) is 5.56 Å². The van der Waals surface area contributed by atoms with Crippen LogP contribution in [0.5, 0.6) is 0 Å². The molecule has 4 rings (SSSR count). The Bertz CT molecular complexity index is 885. The number of nitrogens with one attached hydrogen (secondary N) is 1. The third-order valence-electron chi connectivity index (χ3n) is 4.44. The van der Waals surface area contributed by atoms with Crippen molar-refractivity contribution >= 4 is 32.4 Å². The summed E-state index contributed by atoms with van der Waals surface area (Å²) in [6.07, 6.45) is 2.87. The van der Waals surface area contributed by atoms with Crippen molar-refractivity contribution in [3.63, 3.8) is 0 Å². The zero-order valence-corrected chi connectivity index (χ0v) is 14.3. The monoisotopic (exact) mass is 341 g/mol. The standard InChI is InChI=1S/C17H19N5OS/c1-21-16(23)8-13(10-19-21)22-7-6-12(11-22)9-18-17-20-14-4-2-3-5-15(14)24-17/h2-5,8,10,12H,6-7,9,11H2,1H3,(H,18,20)/t12-/m0/s1. The van der Waals surface area contributed by atoms with Crippen LogP contribution in [0.15, 0.2) is 41.3 Å². The highest BCUT2D eigenvalue weighted by atomic mass is 32.1. The summed E-state index contributed by atoms with van der Waals surface area (Å²) >= 11 is 1.69. The second kappa shape index (κ2) is 6.24. The predicted molar refractivity (Wildman–Crippen MR) is 97.9 cm³/mol. The molecule has 7 heteroatoms. The number of hydrogen-bond donors (Lipinski definition) is 1. The number of para-hydroxylation sites is 1. The lowest BCUT2D eigenvalue weighted by molar-refractivity contribution is 0.622. The van der Waals surface area contributed by atoms with Gasteiger partial charge in [-0.3, -0.25) is 4.79 Å². The van der Waals surface area contributed by atoms with Crippen LogP contribution in [0.4, 0.5) is 10.8 Å². The molecule has 0 unspecified atom stereocenters. The van der Waals surface area contributed by atoms with Crippen molar-refractivity contribution in [3.05, 3.63) is 46.9 Å². The number of benzene rings is 1. The number of rotatable bonds is 4. The van der Waals surface area contributed by atoms with Crippen LogP contribution in [-0.2, 0) is 7.05 Å². The first-order chi connectivity index (χ1) is 11.7. The largest absolute Gasteiger partial charge is 0.370 e. The maximum absolute atomic E-state index is 11.7. The van der Waals surface area contributed by atoms with Gasteiger partial charge in [0.2, 0.25) is 0 Å². The number of nitrogens with zero attached hydrogens (tertiary/aromatic N) is 4. The molecule has 1 atom stereocenters. The highest BCUT2D eigenvalue weighted by Gasteiger charge is 2.23. The van der Waals surface area contributed by atoms with Crippen LogP contribution in [-0.4, -0.2) is 34.4 Å². The van der Waals surface area contributed by atoms with E-state index in [1.807, 2.05) is 18.2 Å². The third kappa shape index (κ3) is 2.99. The Morgan fingerprint density at radius 1 is 1.38 bits per heavy atom. The van der Waals surface area contributed by atoms with Crippen molar-refractivity contribution in [2.45, 2.75) is 6.42 Å². The van der Waals surface area contributed by atoms with Gasteiger partial charge in [0.25, 0.3) is 5.56 Å². The van der Waals surface area contributed by atoms with Crippen molar-refractivity contribution < 1.29 is 0 Å². The maximum atomic E-state index is 11.7. The van der Waals surface area contributed by atoms with Gasteiger partial charge in [-0.15, -0.1) is 0 Å². The fraction of sp³-hybridized carbons (Fsp3) is 0.353. The summed E-state index contributed by atoms with van der Waals surface area (Å²) in [7, 11) is 1.67. The molecule has 2 aromatic heterocycles. The lowest BCUT2D eigenvalue weighted by Crippen LogP contribution is -2.26. The second-order valence-electron chi connectivity index (χ2n) is 6.14. The Kier molecular flexibility index (Phi) is 3.93. The van der Waals surface area contributed by atoms with Gasteiger partial charge in [-0.2, -0.15) is 5.10 Å². The van der Waals surface area contributed by atoms with E-state index >= 15 is 0 Å². The van der Waals surface area contributed by atoms with Crippen molar-refractivity contribution in [2.75, 3.05) is 29.9 Å². The molecule has 124 valence electrons. The first-order valence-corrected chi connectivity index (χ1v) is 8.88. The van der Waals surface area contributed by atoms with Crippen LogP contribution in [0.25, 0.3) is 10.2 Å². The predicted octanol–water partition coefficient (Wildman–Crippen LogP) is 2.33. The number of aromatic nitrogens is 3. The normalized spacial score (nSPS) is 17.5. The Balaban J connectivity index is 1.38. The average molecular weight is 341 g/mol. The number of hydrogen-bond acceptors (Lipinski definition) is 6. The fourth-order valence-electron chi connectivity index (χ4n) is 3.05. The molecule has 0 spiro atoms. The number of aryl methyl sites for hydroxylation is 1. The third-order valence-corrected chi connectivity index (χ3v) is 5.43. The molecule has 1 N–H and O–H groups in total. The minimum Gasteiger partial charge on any atom is -0.370 e. The molecule has 1 aliphatic rings. The number of anilines is 2. The van der Waals surface area contributed by atoms with Gasteiger partial charge in [0.15, 0.2) is 5.13 Å². The summed E-state index contributed by atoms with van der Waals surface area (Å²) in [5, 5.41) is 8.55. The molecule has 0 bridgehead atoms. The molecule has 1 aliphatic heterocycles. The molecule has 1 saturated heterocycles. The zero-order chi connectivity index (χ0) is 16.5. The lowest BCUT2D eigenvalue weighted by Gasteiger charge is -2.18. The van der Waals surface area contributed by atoms with Crippen LogP contribution < -0.4 is 15.8 Å². The average Bonchev–Trinajstić information content (AvgIpc) is 3.21. The van der Waals surface area contributed by atoms with Crippen molar-refractivity contribution in [3.8, 4) is 0 Å². The Morgan fingerprint density at radius 3 is 3.08 bits per heavy atom. The minimum atomic E-state index is -0.0662. The summed E-state index contributed by atoms with van der Waals surface area (Å²) < 4.78 is 2.56. The molecule has 3 heterocycles. The Labute approximate surface area is 143 Å². The van der Waals surface area contributed by atoms with Crippen LogP contribution in [0, 0.1) is 5.92 Å². The molecule has 24 heavy (non-hydrogen) atoms. The van der Waals surface area contributed by atoms with Gasteiger partial charge in [0, 0.05) is 32.7 Å². The number of fused-ring (bicyclic) bond motifs is 1. The van der Waals surface area contributed by atoms with Crippen molar-refractivity contribution in [2.24, 2.45) is 13.0 Å². The summed E-state index contributed by atoms with van der Waals surface area (Å²) in [5.74, 6) is 0.543. The maximum Gasteiger partial charge on any atom is 0.268 e. The highest BCUT2D eigenvalue weighted by Crippen LogP contribution is 2.27. The number of thiazole rings is 1. The fourth-order valence-corrected chi connectivity index (χ4v) is 3.92. The molecular weight excluding hydrogens is 322 g/mol. The first kappa shape index (κ1) is 15.1. The van der Waals surface area contributed by atoms with Crippen LogP contribution in [0.3, 0.4) is 0 Å². The van der Waals surface area contributed by atoms with Crippen LogP contribution >= 0.6 is 11.3 Å². The molecule has 6 nitrogen and oxygen atoms in total. The summed E-state index contributed by atoms with van der Waals surface area (Å²) in [6, 6.07) is 9.85. The molecule has 0 saturated carbocycles. The van der Waals surface area contributed by atoms with Crippen molar-refractivity contribution in [1.29, 1.82) is 0 Å². The van der Waals surface area contributed by atoms with Crippen molar-refractivity contribution in [1.82, 2.24) is 14.8 Å². The molecule has 0 radical (unpaired) electrons. The zero-order valence-electron chi connectivity index (χ0n) is 13.5. The van der Waals surface area contributed by atoms with E-state index in [0.717, 1.165) is 42.4 Å². The summed E-state index contributed by atoms with van der Waals surface area (Å²) in [5.41, 5.74) is 1.90. The van der Waals surface area contributed by atoms with E-state index in [1.165, 1.54) is 9.38 Å². The van der Waals surface area contributed by atoms with Gasteiger partial charge in [-0.05, 0) is 24.5 Å². The SMILES string of the molecule is Cn1ncc(N2CC[C@@H](CNc3nc4ccccc4s3)C2)cc1=O. The van der Waals surface area contributed by atoms with E-state index in [1.54, 1.807) is 30.6 Å². The quantitative estimate of drug-likeness (QED) is 0.789. The first-order valence-electron chi connectivity index (χ1n) is 8.07. The van der Waals surface area contributed by atoms with Gasteiger partial charge in [-0.25, -0.2) is 9.67 Å². The lowest BCUT2D eigenvalue weighted by atomic mass is 10.1. The van der Waals surface area contributed by atoms with E-state index in [2.05, 4.69) is 26.4 Å². The molecular formula is C17H19N5OS. The van der Waals surface area contributed by atoms with E-state index in [9.17, 15) is 4.79 Å². The molecule has 0 aliphatic carbocycles. The topological polar surface area (TPSA) is 63.1 Å². The molecule has 3 aromatic rings.